The molecule has 0 saturated heterocycles. The summed E-state index contributed by atoms with van der Waals surface area (Å²) in [7, 11) is 0. The molecule has 106 valence electrons. The molecule has 0 spiro atoms. The molecule has 0 aliphatic heterocycles. The topological polar surface area (TPSA) is 26.3 Å². The molecule has 0 heterocycles. The maximum Gasteiger partial charge on any atom is 0.338 e. The molecule has 2 heteroatoms. The normalized spacial score (nSPS) is 12.4. The highest BCUT2D eigenvalue weighted by atomic mass is 16.5. The molecule has 0 bridgehead atoms. The number of carbonyl (C=O) groups excluding carboxylic acids is 1. The number of hydrogen-bond donors (Lipinski definition) is 0. The van der Waals surface area contributed by atoms with Gasteiger partial charge in [0.2, 0.25) is 0 Å². The zero-order chi connectivity index (χ0) is 14.1. The van der Waals surface area contributed by atoms with Crippen LogP contribution in [0.25, 0.3) is 0 Å². The summed E-state index contributed by atoms with van der Waals surface area (Å²) in [6.45, 7) is 7.20. The Labute approximate surface area is 117 Å². The van der Waals surface area contributed by atoms with Crippen molar-refractivity contribution in [3.8, 4) is 0 Å². The zero-order valence-electron chi connectivity index (χ0n) is 12.4. The Morgan fingerprint density at radius 3 is 2.37 bits per heavy atom. The highest BCUT2D eigenvalue weighted by molar-refractivity contribution is 5.89. The number of esters is 1. The number of hydrogen-bond acceptors (Lipinski definition) is 2. The predicted molar refractivity (Wildman–Crippen MR) is 79.2 cm³/mol. The highest BCUT2D eigenvalue weighted by Gasteiger charge is 2.13. The van der Waals surface area contributed by atoms with Crippen molar-refractivity contribution in [3.05, 3.63) is 35.9 Å². The second-order valence-corrected chi connectivity index (χ2v) is 5.59. The summed E-state index contributed by atoms with van der Waals surface area (Å²) in [5.74, 6) is 1.01. The fourth-order valence-corrected chi connectivity index (χ4v) is 2.14. The Morgan fingerprint density at radius 1 is 1.11 bits per heavy atom. The van der Waals surface area contributed by atoms with Gasteiger partial charge in [0.05, 0.1) is 12.2 Å². The van der Waals surface area contributed by atoms with Crippen molar-refractivity contribution < 1.29 is 9.53 Å². The van der Waals surface area contributed by atoms with Crippen molar-refractivity contribution in [1.82, 2.24) is 0 Å². The lowest BCUT2D eigenvalue weighted by Gasteiger charge is -2.17. The maximum absolute atomic E-state index is 11.9. The van der Waals surface area contributed by atoms with Crippen LogP contribution in [0.2, 0.25) is 0 Å². The van der Waals surface area contributed by atoms with Crippen LogP contribution in [0, 0.1) is 11.8 Å². The Hall–Kier alpha value is -1.31. The largest absolute Gasteiger partial charge is 0.462 e. The maximum atomic E-state index is 11.9. The molecule has 0 fully saturated rings. The molecule has 0 amide bonds. The first-order valence-corrected chi connectivity index (χ1v) is 7.35. The van der Waals surface area contributed by atoms with E-state index in [0.717, 1.165) is 19.3 Å². The fourth-order valence-electron chi connectivity index (χ4n) is 2.14. The molecular formula is C17H26O2. The Bertz CT molecular complexity index is 357. The summed E-state index contributed by atoms with van der Waals surface area (Å²) in [6.07, 6.45) is 4.63. The Balaban J connectivity index is 2.40. The minimum Gasteiger partial charge on any atom is -0.462 e. The van der Waals surface area contributed by atoms with Gasteiger partial charge >= 0.3 is 5.97 Å². The monoisotopic (exact) mass is 262 g/mol. The molecule has 0 radical (unpaired) electrons. The molecule has 1 aromatic carbocycles. The summed E-state index contributed by atoms with van der Waals surface area (Å²) in [4.78, 5) is 11.9. The van der Waals surface area contributed by atoms with Crippen LogP contribution < -0.4 is 0 Å². The average Bonchev–Trinajstić information content (AvgIpc) is 2.42. The molecular weight excluding hydrogens is 236 g/mol. The van der Waals surface area contributed by atoms with Gasteiger partial charge in [-0.2, -0.15) is 0 Å². The number of benzene rings is 1. The van der Waals surface area contributed by atoms with Gasteiger partial charge in [-0.25, -0.2) is 4.79 Å². The molecule has 2 nitrogen and oxygen atoms in total. The zero-order valence-corrected chi connectivity index (χ0v) is 12.4. The lowest BCUT2D eigenvalue weighted by molar-refractivity contribution is 0.0421. The molecule has 1 rings (SSSR count). The van der Waals surface area contributed by atoms with E-state index >= 15 is 0 Å². The van der Waals surface area contributed by atoms with Crippen LogP contribution in [0.3, 0.4) is 0 Å². The minimum atomic E-state index is -0.203. The first-order valence-electron chi connectivity index (χ1n) is 7.35. The summed E-state index contributed by atoms with van der Waals surface area (Å²) in [5, 5.41) is 0. The first-order chi connectivity index (χ1) is 9.13. The van der Waals surface area contributed by atoms with Crippen molar-refractivity contribution in [2.45, 2.75) is 46.5 Å². The summed E-state index contributed by atoms with van der Waals surface area (Å²) >= 11 is 0. The molecule has 0 N–H and O–H groups in total. The van der Waals surface area contributed by atoms with E-state index in [9.17, 15) is 4.79 Å². The van der Waals surface area contributed by atoms with Gasteiger partial charge < -0.3 is 4.74 Å². The smallest absolute Gasteiger partial charge is 0.338 e. The van der Waals surface area contributed by atoms with Gasteiger partial charge in [0.15, 0.2) is 0 Å². The number of ether oxygens (including phenoxy) is 1. The van der Waals surface area contributed by atoms with Crippen LogP contribution >= 0.6 is 0 Å². The molecule has 1 atom stereocenters. The summed E-state index contributed by atoms with van der Waals surface area (Å²) < 4.78 is 5.44. The van der Waals surface area contributed by atoms with Crippen LogP contribution in [-0.2, 0) is 4.74 Å². The van der Waals surface area contributed by atoms with E-state index in [1.807, 2.05) is 18.2 Å². The van der Waals surface area contributed by atoms with Gasteiger partial charge in [0.1, 0.15) is 0 Å². The molecule has 19 heavy (non-hydrogen) atoms. The third-order valence-electron chi connectivity index (χ3n) is 3.31. The van der Waals surface area contributed by atoms with Crippen molar-refractivity contribution in [1.29, 1.82) is 0 Å². The number of carbonyl (C=O) groups is 1. The van der Waals surface area contributed by atoms with Gasteiger partial charge in [-0.15, -0.1) is 0 Å². The molecule has 0 saturated carbocycles. The highest BCUT2D eigenvalue weighted by Crippen LogP contribution is 2.18. The van der Waals surface area contributed by atoms with E-state index in [4.69, 9.17) is 4.74 Å². The second-order valence-electron chi connectivity index (χ2n) is 5.59. The van der Waals surface area contributed by atoms with E-state index in [2.05, 4.69) is 20.8 Å². The molecule has 0 aliphatic rings. The van der Waals surface area contributed by atoms with Crippen LogP contribution in [-0.4, -0.2) is 12.6 Å². The van der Waals surface area contributed by atoms with E-state index in [0.29, 0.717) is 24.0 Å². The Morgan fingerprint density at radius 2 is 1.79 bits per heavy atom. The van der Waals surface area contributed by atoms with Gasteiger partial charge in [-0.1, -0.05) is 51.8 Å². The lowest BCUT2D eigenvalue weighted by atomic mass is 9.95. The SMILES string of the molecule is CCCC(CCC(C)C)COC(=O)c1ccccc1. The van der Waals surface area contributed by atoms with E-state index in [1.54, 1.807) is 12.1 Å². The minimum absolute atomic E-state index is 0.203. The average molecular weight is 262 g/mol. The predicted octanol–water partition coefficient (Wildman–Crippen LogP) is 4.70. The van der Waals surface area contributed by atoms with Crippen LogP contribution in [0.4, 0.5) is 0 Å². The molecule has 1 aromatic rings. The van der Waals surface area contributed by atoms with Gasteiger partial charge in [0, 0.05) is 0 Å². The lowest BCUT2D eigenvalue weighted by Crippen LogP contribution is -2.15. The van der Waals surface area contributed by atoms with Crippen molar-refractivity contribution in [2.24, 2.45) is 11.8 Å². The molecule has 1 unspecified atom stereocenters. The van der Waals surface area contributed by atoms with E-state index in [-0.39, 0.29) is 5.97 Å². The summed E-state index contributed by atoms with van der Waals surface area (Å²) in [6, 6.07) is 9.22. The van der Waals surface area contributed by atoms with E-state index < -0.39 is 0 Å². The third-order valence-corrected chi connectivity index (χ3v) is 3.31. The second kappa shape index (κ2) is 8.73. The molecule has 0 aromatic heterocycles. The third kappa shape index (κ3) is 6.42. The first kappa shape index (κ1) is 15.7. The van der Waals surface area contributed by atoms with Gasteiger partial charge in [-0.3, -0.25) is 0 Å². The van der Waals surface area contributed by atoms with Crippen LogP contribution in [0.1, 0.15) is 56.8 Å². The summed E-state index contributed by atoms with van der Waals surface area (Å²) in [5.41, 5.74) is 0.640. The van der Waals surface area contributed by atoms with Crippen LogP contribution in [0.5, 0.6) is 0 Å². The Kier molecular flexibility index (Phi) is 7.24. The van der Waals surface area contributed by atoms with Crippen molar-refractivity contribution >= 4 is 5.97 Å². The quantitative estimate of drug-likeness (QED) is 0.635. The van der Waals surface area contributed by atoms with Crippen LogP contribution in [0.15, 0.2) is 30.3 Å². The van der Waals surface area contributed by atoms with Gasteiger partial charge in [-0.05, 0) is 36.8 Å². The molecule has 0 aliphatic carbocycles. The van der Waals surface area contributed by atoms with Gasteiger partial charge in [0.25, 0.3) is 0 Å². The van der Waals surface area contributed by atoms with Crippen molar-refractivity contribution in [2.75, 3.05) is 6.61 Å². The number of rotatable bonds is 8. The standard InChI is InChI=1S/C17H26O2/c1-4-8-15(12-11-14(2)3)13-19-17(18)16-9-6-5-7-10-16/h5-7,9-10,14-15H,4,8,11-13H2,1-3H3. The fraction of sp³-hybridized carbons (Fsp3) is 0.588. The van der Waals surface area contributed by atoms with E-state index in [1.165, 1.54) is 6.42 Å². The van der Waals surface area contributed by atoms with Crippen molar-refractivity contribution in [3.63, 3.8) is 0 Å².